The lowest BCUT2D eigenvalue weighted by molar-refractivity contribution is -0.120. The Labute approximate surface area is 158 Å². The lowest BCUT2D eigenvalue weighted by Crippen LogP contribution is -2.41. The van der Waals surface area contributed by atoms with E-state index in [0.29, 0.717) is 43.3 Å². The standard InChI is InChI=1S/C18H23N3O5S/c1-12-10-15(4-5-16(12)25-3)27(23,24)21-8-6-14(7-9-21)18(22)19-17-11-13(2)26-20-17/h4-5,10-11,14H,6-9H2,1-3H3,(H,19,20,22). The molecule has 1 fully saturated rings. The van der Waals surface area contributed by atoms with E-state index in [1.807, 2.05) is 0 Å². The summed E-state index contributed by atoms with van der Waals surface area (Å²) < 4.78 is 37.3. The Bertz CT molecular complexity index is 930. The van der Waals surface area contributed by atoms with Gasteiger partial charge >= 0.3 is 0 Å². The van der Waals surface area contributed by atoms with E-state index >= 15 is 0 Å². The van der Waals surface area contributed by atoms with E-state index in [-0.39, 0.29) is 16.7 Å². The lowest BCUT2D eigenvalue weighted by Gasteiger charge is -2.30. The molecule has 8 nitrogen and oxygen atoms in total. The number of nitrogens with one attached hydrogen (secondary N) is 1. The number of nitrogens with zero attached hydrogens (tertiary/aromatic N) is 2. The van der Waals surface area contributed by atoms with Gasteiger partial charge in [0.25, 0.3) is 0 Å². The molecule has 0 aliphatic carbocycles. The number of hydrogen-bond donors (Lipinski definition) is 1. The summed E-state index contributed by atoms with van der Waals surface area (Å²) in [5.41, 5.74) is 0.760. The van der Waals surface area contributed by atoms with Gasteiger partial charge in [0, 0.05) is 25.1 Å². The van der Waals surface area contributed by atoms with Crippen molar-refractivity contribution in [1.82, 2.24) is 9.46 Å². The number of benzene rings is 1. The van der Waals surface area contributed by atoms with E-state index < -0.39 is 10.0 Å². The predicted octanol–water partition coefficient (Wildman–Crippen LogP) is 2.34. The monoisotopic (exact) mass is 393 g/mol. The topological polar surface area (TPSA) is 102 Å². The first-order chi connectivity index (χ1) is 12.8. The van der Waals surface area contributed by atoms with Crippen LogP contribution in [0.15, 0.2) is 33.7 Å². The first kappa shape index (κ1) is 19.4. The van der Waals surface area contributed by atoms with Crippen LogP contribution in [0.3, 0.4) is 0 Å². The highest BCUT2D eigenvalue weighted by atomic mass is 32.2. The quantitative estimate of drug-likeness (QED) is 0.837. The molecule has 1 saturated heterocycles. The third-order valence-corrected chi connectivity index (χ3v) is 6.60. The van der Waals surface area contributed by atoms with E-state index in [0.717, 1.165) is 5.56 Å². The highest BCUT2D eigenvalue weighted by Crippen LogP contribution is 2.27. The van der Waals surface area contributed by atoms with E-state index in [4.69, 9.17) is 9.26 Å². The van der Waals surface area contributed by atoms with Crippen molar-refractivity contribution in [1.29, 1.82) is 0 Å². The van der Waals surface area contributed by atoms with Crippen LogP contribution < -0.4 is 10.1 Å². The number of aromatic nitrogens is 1. The van der Waals surface area contributed by atoms with Gasteiger partial charge in [-0.25, -0.2) is 8.42 Å². The Morgan fingerprint density at radius 2 is 1.96 bits per heavy atom. The average Bonchev–Trinajstić information content (AvgIpc) is 3.06. The van der Waals surface area contributed by atoms with Crippen molar-refractivity contribution in [2.24, 2.45) is 5.92 Å². The molecule has 27 heavy (non-hydrogen) atoms. The van der Waals surface area contributed by atoms with Crippen molar-refractivity contribution in [2.75, 3.05) is 25.5 Å². The maximum atomic E-state index is 12.9. The van der Waals surface area contributed by atoms with E-state index in [2.05, 4.69) is 10.5 Å². The second kappa shape index (κ2) is 7.69. The number of methoxy groups -OCH3 is 1. The fraction of sp³-hybridized carbons (Fsp3) is 0.444. The number of hydrogen-bond acceptors (Lipinski definition) is 6. The summed E-state index contributed by atoms with van der Waals surface area (Å²) in [5.74, 6) is 1.21. The van der Waals surface area contributed by atoms with Gasteiger partial charge in [-0.15, -0.1) is 0 Å². The van der Waals surface area contributed by atoms with Crippen molar-refractivity contribution in [3.8, 4) is 5.75 Å². The SMILES string of the molecule is COc1ccc(S(=O)(=O)N2CCC(C(=O)Nc3cc(C)on3)CC2)cc1C. The van der Waals surface area contributed by atoms with Crippen LogP contribution in [-0.2, 0) is 14.8 Å². The number of sulfonamides is 1. The summed E-state index contributed by atoms with van der Waals surface area (Å²) >= 11 is 0. The molecule has 1 aromatic carbocycles. The molecule has 0 atom stereocenters. The molecule has 1 aliphatic rings. The highest BCUT2D eigenvalue weighted by Gasteiger charge is 2.32. The number of anilines is 1. The minimum absolute atomic E-state index is 0.166. The van der Waals surface area contributed by atoms with Crippen molar-refractivity contribution < 1.29 is 22.5 Å². The summed E-state index contributed by atoms with van der Waals surface area (Å²) in [4.78, 5) is 12.6. The fourth-order valence-electron chi connectivity index (χ4n) is 3.17. The van der Waals surface area contributed by atoms with Crippen molar-refractivity contribution in [3.05, 3.63) is 35.6 Å². The van der Waals surface area contributed by atoms with Crippen molar-refractivity contribution >= 4 is 21.7 Å². The fourth-order valence-corrected chi connectivity index (χ4v) is 4.73. The van der Waals surface area contributed by atoms with Crippen molar-refractivity contribution in [3.63, 3.8) is 0 Å². The molecule has 1 aromatic heterocycles. The van der Waals surface area contributed by atoms with Gasteiger partial charge in [-0.2, -0.15) is 4.31 Å². The molecule has 146 valence electrons. The third-order valence-electron chi connectivity index (χ3n) is 4.71. The van der Waals surface area contributed by atoms with Crippen LogP contribution in [0.2, 0.25) is 0 Å². The number of piperidine rings is 1. The zero-order valence-electron chi connectivity index (χ0n) is 15.6. The summed E-state index contributed by atoms with van der Waals surface area (Å²) in [7, 11) is -2.05. The second-order valence-corrected chi connectivity index (χ2v) is 8.56. The minimum atomic E-state index is -3.60. The maximum Gasteiger partial charge on any atom is 0.243 e. The van der Waals surface area contributed by atoms with Crippen LogP contribution in [0.1, 0.15) is 24.2 Å². The van der Waals surface area contributed by atoms with Gasteiger partial charge in [-0.1, -0.05) is 5.16 Å². The van der Waals surface area contributed by atoms with E-state index in [1.54, 1.807) is 45.2 Å². The molecule has 0 radical (unpaired) electrons. The van der Waals surface area contributed by atoms with Gasteiger partial charge in [0.1, 0.15) is 11.5 Å². The molecular formula is C18H23N3O5S. The molecule has 1 aliphatic heterocycles. The Morgan fingerprint density at radius 3 is 2.52 bits per heavy atom. The number of aryl methyl sites for hydroxylation is 2. The molecule has 0 bridgehead atoms. The van der Waals surface area contributed by atoms with Crippen LogP contribution in [0, 0.1) is 19.8 Å². The highest BCUT2D eigenvalue weighted by molar-refractivity contribution is 7.89. The predicted molar refractivity (Wildman–Crippen MR) is 99.1 cm³/mol. The second-order valence-electron chi connectivity index (χ2n) is 6.62. The van der Waals surface area contributed by atoms with Gasteiger partial charge in [-0.3, -0.25) is 4.79 Å². The minimum Gasteiger partial charge on any atom is -0.496 e. The number of ether oxygens (including phenoxy) is 1. The Balaban J connectivity index is 1.64. The summed E-state index contributed by atoms with van der Waals surface area (Å²) in [6.45, 7) is 4.14. The molecule has 3 rings (SSSR count). The molecule has 1 N–H and O–H groups in total. The van der Waals surface area contributed by atoms with Gasteiger partial charge in [0.05, 0.1) is 12.0 Å². The zero-order valence-corrected chi connectivity index (χ0v) is 16.4. The summed E-state index contributed by atoms with van der Waals surface area (Å²) in [6, 6.07) is 6.46. The largest absolute Gasteiger partial charge is 0.496 e. The van der Waals surface area contributed by atoms with E-state index in [9.17, 15) is 13.2 Å². The molecule has 2 heterocycles. The maximum absolute atomic E-state index is 12.9. The number of carbonyl (C=O) groups excluding carboxylic acids is 1. The molecule has 9 heteroatoms. The number of rotatable bonds is 5. The molecule has 0 spiro atoms. The molecule has 2 aromatic rings. The van der Waals surface area contributed by atoms with Crippen LogP contribution >= 0.6 is 0 Å². The first-order valence-electron chi connectivity index (χ1n) is 8.70. The third kappa shape index (κ3) is 4.14. The summed E-state index contributed by atoms with van der Waals surface area (Å²) in [6.07, 6.45) is 0.911. The molecular weight excluding hydrogens is 370 g/mol. The number of amides is 1. The van der Waals surface area contributed by atoms with Crippen LogP contribution in [0.4, 0.5) is 5.82 Å². The van der Waals surface area contributed by atoms with Crippen molar-refractivity contribution in [2.45, 2.75) is 31.6 Å². The first-order valence-corrected chi connectivity index (χ1v) is 10.1. The number of carbonyl (C=O) groups is 1. The van der Waals surface area contributed by atoms with Crippen LogP contribution in [-0.4, -0.2) is 44.0 Å². The van der Waals surface area contributed by atoms with Crippen LogP contribution in [0.5, 0.6) is 5.75 Å². The van der Waals surface area contributed by atoms with Gasteiger partial charge in [0.2, 0.25) is 15.9 Å². The van der Waals surface area contributed by atoms with Gasteiger partial charge in [-0.05, 0) is 50.5 Å². The molecule has 0 unspecified atom stereocenters. The normalized spacial score (nSPS) is 16.3. The van der Waals surface area contributed by atoms with Gasteiger partial charge in [0.15, 0.2) is 5.82 Å². The Hall–Kier alpha value is -2.39. The van der Waals surface area contributed by atoms with Gasteiger partial charge < -0.3 is 14.6 Å². The van der Waals surface area contributed by atoms with E-state index in [1.165, 1.54) is 4.31 Å². The van der Waals surface area contributed by atoms with Crippen LogP contribution in [0.25, 0.3) is 0 Å². The summed E-state index contributed by atoms with van der Waals surface area (Å²) in [5, 5.41) is 6.46. The zero-order chi connectivity index (χ0) is 19.6. The Kier molecular flexibility index (Phi) is 5.52. The molecule has 0 saturated carbocycles. The molecule has 1 amide bonds. The lowest BCUT2D eigenvalue weighted by atomic mass is 9.97. The smallest absolute Gasteiger partial charge is 0.243 e. The Morgan fingerprint density at radius 1 is 1.26 bits per heavy atom. The average molecular weight is 393 g/mol.